The fraction of sp³-hybridized carbons (Fsp3) is 0.500. The van der Waals surface area contributed by atoms with E-state index in [0.717, 1.165) is 18.0 Å². The van der Waals surface area contributed by atoms with Crippen molar-refractivity contribution in [3.63, 3.8) is 0 Å². The van der Waals surface area contributed by atoms with Crippen LogP contribution in [-0.2, 0) is 0 Å². The van der Waals surface area contributed by atoms with Crippen molar-refractivity contribution in [3.05, 3.63) is 24.3 Å². The maximum absolute atomic E-state index is 9.11. The lowest BCUT2D eigenvalue weighted by atomic mass is 10.0. The zero-order valence-electron chi connectivity index (χ0n) is 11.2. The van der Waals surface area contributed by atoms with Crippen LogP contribution < -0.4 is 14.8 Å². The molecule has 0 aliphatic carbocycles. The van der Waals surface area contributed by atoms with E-state index in [1.54, 1.807) is 7.11 Å². The highest BCUT2D eigenvalue weighted by Gasteiger charge is 2.21. The standard InChI is InChI=1S/C14H20N2O2/c1-4-16-14(2,11-15)8-9-18-13-7-5-6-12(10-13)17-3/h5-7,10,16H,4,8-9H2,1-3H3. The molecule has 1 atom stereocenters. The van der Waals surface area contributed by atoms with Gasteiger partial charge in [-0.3, -0.25) is 5.32 Å². The van der Waals surface area contributed by atoms with Gasteiger partial charge in [0.1, 0.15) is 17.0 Å². The summed E-state index contributed by atoms with van der Waals surface area (Å²) in [4.78, 5) is 0. The second-order valence-electron chi connectivity index (χ2n) is 4.25. The summed E-state index contributed by atoms with van der Waals surface area (Å²) in [5.74, 6) is 1.52. The van der Waals surface area contributed by atoms with Gasteiger partial charge in [-0.2, -0.15) is 5.26 Å². The summed E-state index contributed by atoms with van der Waals surface area (Å²) in [5.41, 5.74) is -0.534. The maximum atomic E-state index is 9.11. The second kappa shape index (κ2) is 6.87. The van der Waals surface area contributed by atoms with Crippen LogP contribution >= 0.6 is 0 Å². The van der Waals surface area contributed by atoms with Gasteiger partial charge in [0.05, 0.1) is 19.8 Å². The van der Waals surface area contributed by atoms with Crippen molar-refractivity contribution in [3.8, 4) is 17.6 Å². The first-order valence-corrected chi connectivity index (χ1v) is 6.06. The number of methoxy groups -OCH3 is 1. The van der Waals surface area contributed by atoms with Gasteiger partial charge in [0.15, 0.2) is 0 Å². The molecular formula is C14H20N2O2. The molecule has 0 fully saturated rings. The van der Waals surface area contributed by atoms with Gasteiger partial charge in [-0.25, -0.2) is 0 Å². The average molecular weight is 248 g/mol. The topological polar surface area (TPSA) is 54.3 Å². The van der Waals surface area contributed by atoms with Crippen LogP contribution in [0.15, 0.2) is 24.3 Å². The Balaban J connectivity index is 2.48. The average Bonchev–Trinajstić information content (AvgIpc) is 2.39. The van der Waals surface area contributed by atoms with Gasteiger partial charge < -0.3 is 9.47 Å². The summed E-state index contributed by atoms with van der Waals surface area (Å²) in [6.45, 7) is 5.12. The lowest BCUT2D eigenvalue weighted by Gasteiger charge is -2.22. The minimum atomic E-state index is -0.534. The summed E-state index contributed by atoms with van der Waals surface area (Å²) >= 11 is 0. The Labute approximate surface area is 109 Å². The molecule has 0 heterocycles. The van der Waals surface area contributed by atoms with Gasteiger partial charge in [-0.05, 0) is 25.6 Å². The van der Waals surface area contributed by atoms with Gasteiger partial charge in [0.2, 0.25) is 0 Å². The molecule has 1 aromatic carbocycles. The molecule has 0 bridgehead atoms. The first-order chi connectivity index (χ1) is 8.63. The van der Waals surface area contributed by atoms with E-state index in [9.17, 15) is 0 Å². The number of hydrogen-bond acceptors (Lipinski definition) is 4. The van der Waals surface area contributed by atoms with E-state index in [4.69, 9.17) is 14.7 Å². The Bertz CT molecular complexity index is 415. The van der Waals surface area contributed by atoms with Crippen molar-refractivity contribution in [2.24, 2.45) is 0 Å². The molecule has 0 saturated heterocycles. The Morgan fingerprint density at radius 3 is 2.72 bits per heavy atom. The van der Waals surface area contributed by atoms with E-state index in [0.29, 0.717) is 13.0 Å². The Morgan fingerprint density at radius 2 is 2.11 bits per heavy atom. The third-order valence-corrected chi connectivity index (χ3v) is 2.73. The summed E-state index contributed by atoms with van der Waals surface area (Å²) in [6, 6.07) is 9.72. The van der Waals surface area contributed by atoms with Crippen LogP contribution in [0.3, 0.4) is 0 Å². The SMILES string of the molecule is CCNC(C)(C#N)CCOc1cccc(OC)c1. The van der Waals surface area contributed by atoms with Crippen LogP contribution in [0, 0.1) is 11.3 Å². The van der Waals surface area contributed by atoms with Crippen molar-refractivity contribution in [1.82, 2.24) is 5.32 Å². The van der Waals surface area contributed by atoms with E-state index in [1.807, 2.05) is 38.1 Å². The van der Waals surface area contributed by atoms with E-state index >= 15 is 0 Å². The molecule has 0 aromatic heterocycles. The lowest BCUT2D eigenvalue weighted by molar-refractivity contribution is 0.267. The van der Waals surface area contributed by atoms with E-state index < -0.39 is 5.54 Å². The predicted octanol–water partition coefficient (Wildman–Crippen LogP) is 2.36. The monoisotopic (exact) mass is 248 g/mol. The largest absolute Gasteiger partial charge is 0.497 e. The Morgan fingerprint density at radius 1 is 1.39 bits per heavy atom. The second-order valence-corrected chi connectivity index (χ2v) is 4.25. The number of nitrogens with zero attached hydrogens (tertiary/aromatic N) is 1. The number of rotatable bonds is 7. The van der Waals surface area contributed by atoms with Crippen LogP contribution in [-0.4, -0.2) is 25.8 Å². The molecule has 0 spiro atoms. The van der Waals surface area contributed by atoms with Crippen molar-refractivity contribution < 1.29 is 9.47 Å². The van der Waals surface area contributed by atoms with Gasteiger partial charge in [-0.1, -0.05) is 13.0 Å². The van der Waals surface area contributed by atoms with Crippen LogP contribution in [0.4, 0.5) is 0 Å². The highest BCUT2D eigenvalue weighted by atomic mass is 16.5. The molecule has 98 valence electrons. The fourth-order valence-corrected chi connectivity index (χ4v) is 1.64. The number of ether oxygens (including phenoxy) is 2. The fourth-order valence-electron chi connectivity index (χ4n) is 1.64. The van der Waals surface area contributed by atoms with Crippen LogP contribution in [0.25, 0.3) is 0 Å². The Kier molecular flexibility index (Phi) is 5.47. The highest BCUT2D eigenvalue weighted by molar-refractivity contribution is 5.32. The third-order valence-electron chi connectivity index (χ3n) is 2.73. The number of benzene rings is 1. The van der Waals surface area contributed by atoms with Crippen LogP contribution in [0.5, 0.6) is 11.5 Å². The molecule has 1 rings (SSSR count). The van der Waals surface area contributed by atoms with E-state index in [2.05, 4.69) is 11.4 Å². The van der Waals surface area contributed by atoms with Crippen molar-refractivity contribution in [2.75, 3.05) is 20.3 Å². The Hall–Kier alpha value is -1.73. The molecule has 4 heteroatoms. The smallest absolute Gasteiger partial charge is 0.122 e. The zero-order chi connectivity index (χ0) is 13.4. The van der Waals surface area contributed by atoms with Crippen molar-refractivity contribution in [1.29, 1.82) is 5.26 Å². The van der Waals surface area contributed by atoms with E-state index in [1.165, 1.54) is 0 Å². The molecule has 0 aliphatic heterocycles. The molecule has 0 aliphatic rings. The molecule has 1 aromatic rings. The lowest BCUT2D eigenvalue weighted by Crippen LogP contribution is -2.42. The van der Waals surface area contributed by atoms with Crippen molar-refractivity contribution >= 4 is 0 Å². The quantitative estimate of drug-likeness (QED) is 0.804. The summed E-state index contributed by atoms with van der Waals surface area (Å²) in [6.07, 6.45) is 0.633. The summed E-state index contributed by atoms with van der Waals surface area (Å²) < 4.78 is 10.7. The maximum Gasteiger partial charge on any atom is 0.122 e. The molecule has 4 nitrogen and oxygen atoms in total. The third kappa shape index (κ3) is 4.27. The number of nitriles is 1. The van der Waals surface area contributed by atoms with Gasteiger partial charge in [-0.15, -0.1) is 0 Å². The van der Waals surface area contributed by atoms with Gasteiger partial charge >= 0.3 is 0 Å². The first kappa shape index (κ1) is 14.3. The minimum absolute atomic E-state index is 0.490. The molecule has 1 unspecified atom stereocenters. The summed E-state index contributed by atoms with van der Waals surface area (Å²) in [7, 11) is 1.62. The van der Waals surface area contributed by atoms with Crippen LogP contribution in [0.1, 0.15) is 20.3 Å². The normalized spacial score (nSPS) is 13.4. The summed E-state index contributed by atoms with van der Waals surface area (Å²) in [5, 5.41) is 12.3. The van der Waals surface area contributed by atoms with Gasteiger partial charge in [0, 0.05) is 12.5 Å². The first-order valence-electron chi connectivity index (χ1n) is 6.06. The van der Waals surface area contributed by atoms with Crippen LogP contribution in [0.2, 0.25) is 0 Å². The highest BCUT2D eigenvalue weighted by Crippen LogP contribution is 2.19. The number of nitrogens with one attached hydrogen (secondary N) is 1. The molecule has 0 saturated carbocycles. The molecule has 0 amide bonds. The minimum Gasteiger partial charge on any atom is -0.497 e. The molecular weight excluding hydrogens is 228 g/mol. The van der Waals surface area contributed by atoms with E-state index in [-0.39, 0.29) is 0 Å². The predicted molar refractivity (Wildman–Crippen MR) is 70.8 cm³/mol. The molecule has 18 heavy (non-hydrogen) atoms. The van der Waals surface area contributed by atoms with Gasteiger partial charge in [0.25, 0.3) is 0 Å². The van der Waals surface area contributed by atoms with Crippen molar-refractivity contribution in [2.45, 2.75) is 25.8 Å². The number of hydrogen-bond donors (Lipinski definition) is 1. The zero-order valence-corrected chi connectivity index (χ0v) is 11.2. The molecule has 0 radical (unpaired) electrons. The molecule has 1 N–H and O–H groups in total.